The Morgan fingerprint density at radius 2 is 2.00 bits per heavy atom. The summed E-state index contributed by atoms with van der Waals surface area (Å²) in [5.74, 6) is 1.36. The van der Waals surface area contributed by atoms with Gasteiger partial charge in [0.05, 0.1) is 6.54 Å². The number of hydrogen-bond acceptors (Lipinski definition) is 2. The highest BCUT2D eigenvalue weighted by molar-refractivity contribution is 5.05. The van der Waals surface area contributed by atoms with Crippen molar-refractivity contribution in [1.82, 2.24) is 4.90 Å². The highest BCUT2D eigenvalue weighted by Gasteiger charge is 2.01. The summed E-state index contributed by atoms with van der Waals surface area (Å²) >= 11 is 0. The maximum absolute atomic E-state index is 10.3. The standard InChI is InChI=1S/C8H12NO2/c1-9(2)5-7-3-4-8(6-10)11-7/h3-4H,5-6H2,1-2H3. The summed E-state index contributed by atoms with van der Waals surface area (Å²) in [4.78, 5) is 1.99. The van der Waals surface area contributed by atoms with E-state index in [2.05, 4.69) is 0 Å². The Kier molecular flexibility index (Phi) is 2.68. The van der Waals surface area contributed by atoms with Crippen LogP contribution in [0.25, 0.3) is 0 Å². The summed E-state index contributed by atoms with van der Waals surface area (Å²) in [6.07, 6.45) is 0. The summed E-state index contributed by atoms with van der Waals surface area (Å²) in [7, 11) is 3.92. The molecule has 0 aromatic carbocycles. The lowest BCUT2D eigenvalue weighted by atomic mass is 10.4. The zero-order valence-electron chi connectivity index (χ0n) is 6.83. The van der Waals surface area contributed by atoms with Gasteiger partial charge < -0.3 is 9.32 Å². The summed E-state index contributed by atoms with van der Waals surface area (Å²) in [6.45, 7) is 0.480. The van der Waals surface area contributed by atoms with E-state index in [0.717, 1.165) is 12.3 Å². The van der Waals surface area contributed by atoms with Gasteiger partial charge in [-0.05, 0) is 26.2 Å². The fraction of sp³-hybridized carbons (Fsp3) is 0.500. The average Bonchev–Trinajstić information content (AvgIpc) is 2.34. The van der Waals surface area contributed by atoms with Crippen LogP contribution in [0.5, 0.6) is 0 Å². The molecular weight excluding hydrogens is 142 g/mol. The highest BCUT2D eigenvalue weighted by Crippen LogP contribution is 2.08. The molecule has 0 aliphatic carbocycles. The third-order valence-corrected chi connectivity index (χ3v) is 1.33. The Bertz CT molecular complexity index is 218. The van der Waals surface area contributed by atoms with Crippen LogP contribution in [-0.2, 0) is 18.3 Å². The van der Waals surface area contributed by atoms with Gasteiger partial charge in [-0.2, -0.15) is 0 Å². The smallest absolute Gasteiger partial charge is 0.140 e. The molecule has 0 N–H and O–H groups in total. The summed E-state index contributed by atoms with van der Waals surface area (Å²) in [5.41, 5.74) is 0. The van der Waals surface area contributed by atoms with Gasteiger partial charge >= 0.3 is 0 Å². The molecule has 0 atom stereocenters. The Labute approximate surface area is 66.2 Å². The molecule has 1 aromatic rings. The highest BCUT2D eigenvalue weighted by atomic mass is 16.4. The van der Waals surface area contributed by atoms with Crippen LogP contribution in [0.15, 0.2) is 16.5 Å². The molecular formula is C8H12NO2. The molecule has 61 valence electrons. The van der Waals surface area contributed by atoms with Crippen molar-refractivity contribution < 1.29 is 9.52 Å². The molecule has 0 spiro atoms. The minimum Gasteiger partial charge on any atom is -0.462 e. The third kappa shape index (κ3) is 2.37. The summed E-state index contributed by atoms with van der Waals surface area (Å²) in [6, 6.07) is 3.57. The SMILES string of the molecule is CN(C)Cc1ccc(C[O])o1. The Morgan fingerprint density at radius 3 is 2.45 bits per heavy atom. The van der Waals surface area contributed by atoms with Crippen LogP contribution in [0.3, 0.4) is 0 Å². The summed E-state index contributed by atoms with van der Waals surface area (Å²) in [5, 5.41) is 10.3. The summed E-state index contributed by atoms with van der Waals surface area (Å²) < 4.78 is 5.19. The number of nitrogens with zero attached hydrogens (tertiary/aromatic N) is 1. The molecule has 0 aliphatic heterocycles. The maximum atomic E-state index is 10.3. The number of hydrogen-bond donors (Lipinski definition) is 0. The largest absolute Gasteiger partial charge is 0.462 e. The lowest BCUT2D eigenvalue weighted by Crippen LogP contribution is -2.09. The van der Waals surface area contributed by atoms with Crippen molar-refractivity contribution >= 4 is 0 Å². The van der Waals surface area contributed by atoms with Gasteiger partial charge in [0.15, 0.2) is 0 Å². The van der Waals surface area contributed by atoms with E-state index in [1.54, 1.807) is 6.07 Å². The van der Waals surface area contributed by atoms with Gasteiger partial charge in [-0.1, -0.05) is 0 Å². The second-order valence-corrected chi connectivity index (χ2v) is 2.75. The van der Waals surface area contributed by atoms with Crippen molar-refractivity contribution in [3.63, 3.8) is 0 Å². The molecule has 3 heteroatoms. The Morgan fingerprint density at radius 1 is 1.36 bits per heavy atom. The fourth-order valence-corrected chi connectivity index (χ4v) is 0.897. The van der Waals surface area contributed by atoms with E-state index < -0.39 is 0 Å². The molecule has 1 heterocycles. The van der Waals surface area contributed by atoms with Gasteiger partial charge in [0.2, 0.25) is 0 Å². The van der Waals surface area contributed by atoms with Crippen molar-refractivity contribution in [2.24, 2.45) is 0 Å². The maximum Gasteiger partial charge on any atom is 0.140 e. The third-order valence-electron chi connectivity index (χ3n) is 1.33. The van der Waals surface area contributed by atoms with E-state index >= 15 is 0 Å². The van der Waals surface area contributed by atoms with Gasteiger partial charge in [-0.3, -0.25) is 0 Å². The average molecular weight is 154 g/mol. The number of furan rings is 1. The molecule has 0 saturated heterocycles. The predicted molar refractivity (Wildman–Crippen MR) is 40.5 cm³/mol. The molecule has 1 radical (unpaired) electrons. The topological polar surface area (TPSA) is 36.3 Å². The first-order valence-corrected chi connectivity index (χ1v) is 3.53. The van der Waals surface area contributed by atoms with E-state index in [9.17, 15) is 5.11 Å². The Balaban J connectivity index is 2.58. The molecule has 0 unspecified atom stereocenters. The van der Waals surface area contributed by atoms with Gasteiger partial charge in [-0.25, -0.2) is 5.11 Å². The van der Waals surface area contributed by atoms with E-state index in [4.69, 9.17) is 4.42 Å². The molecule has 3 nitrogen and oxygen atoms in total. The van der Waals surface area contributed by atoms with E-state index in [1.807, 2.05) is 25.1 Å². The molecule has 0 bridgehead atoms. The second kappa shape index (κ2) is 3.55. The lowest BCUT2D eigenvalue weighted by Gasteiger charge is -2.05. The van der Waals surface area contributed by atoms with Crippen LogP contribution in [0, 0.1) is 0 Å². The molecule has 1 rings (SSSR count). The zero-order valence-corrected chi connectivity index (χ0v) is 6.83. The molecule has 0 fully saturated rings. The molecule has 0 amide bonds. The predicted octanol–water partition coefficient (Wildman–Crippen LogP) is 1.27. The minimum atomic E-state index is -0.270. The van der Waals surface area contributed by atoms with Crippen LogP contribution in [0.2, 0.25) is 0 Å². The quantitative estimate of drug-likeness (QED) is 0.657. The van der Waals surface area contributed by atoms with Gasteiger partial charge in [0, 0.05) is 0 Å². The Hall–Kier alpha value is -0.800. The second-order valence-electron chi connectivity index (χ2n) is 2.75. The normalized spacial score (nSPS) is 10.9. The van der Waals surface area contributed by atoms with Gasteiger partial charge in [0.1, 0.15) is 18.1 Å². The van der Waals surface area contributed by atoms with Crippen molar-refractivity contribution in [2.75, 3.05) is 14.1 Å². The molecule has 1 aromatic heterocycles. The molecule has 0 aliphatic rings. The van der Waals surface area contributed by atoms with E-state index in [0.29, 0.717) is 5.76 Å². The van der Waals surface area contributed by atoms with E-state index in [1.165, 1.54) is 0 Å². The minimum absolute atomic E-state index is 0.270. The molecule has 0 saturated carbocycles. The fourth-order valence-electron chi connectivity index (χ4n) is 0.897. The van der Waals surface area contributed by atoms with Crippen LogP contribution < -0.4 is 0 Å². The van der Waals surface area contributed by atoms with E-state index in [-0.39, 0.29) is 6.61 Å². The first kappa shape index (κ1) is 8.30. The van der Waals surface area contributed by atoms with Gasteiger partial charge in [0.25, 0.3) is 0 Å². The van der Waals surface area contributed by atoms with Gasteiger partial charge in [-0.15, -0.1) is 0 Å². The first-order valence-electron chi connectivity index (χ1n) is 3.53. The number of rotatable bonds is 3. The van der Waals surface area contributed by atoms with Crippen LogP contribution in [-0.4, -0.2) is 19.0 Å². The van der Waals surface area contributed by atoms with Crippen LogP contribution in [0.1, 0.15) is 11.5 Å². The molecule has 11 heavy (non-hydrogen) atoms. The van der Waals surface area contributed by atoms with Crippen molar-refractivity contribution in [3.05, 3.63) is 23.7 Å². The van der Waals surface area contributed by atoms with Crippen molar-refractivity contribution in [1.29, 1.82) is 0 Å². The van der Waals surface area contributed by atoms with Crippen molar-refractivity contribution in [3.8, 4) is 0 Å². The van der Waals surface area contributed by atoms with Crippen LogP contribution >= 0.6 is 0 Å². The first-order chi connectivity index (χ1) is 5.22. The van der Waals surface area contributed by atoms with Crippen molar-refractivity contribution in [2.45, 2.75) is 13.2 Å². The zero-order chi connectivity index (χ0) is 8.27. The monoisotopic (exact) mass is 154 g/mol. The lowest BCUT2D eigenvalue weighted by molar-refractivity contribution is 0.152. The van der Waals surface area contributed by atoms with Crippen LogP contribution in [0.4, 0.5) is 0 Å².